The van der Waals surface area contributed by atoms with Gasteiger partial charge >= 0.3 is 5.91 Å². The first-order valence-corrected chi connectivity index (χ1v) is 3.09. The minimum Gasteiger partial charge on any atom is -0.265 e. The second-order valence-corrected chi connectivity index (χ2v) is 2.10. The lowest BCUT2D eigenvalue weighted by molar-refractivity contribution is 0.0916. The fourth-order valence-electron chi connectivity index (χ4n) is 0.849. The zero-order valence-corrected chi connectivity index (χ0v) is 5.76. The molecule has 6 heteroatoms. The van der Waals surface area contributed by atoms with Crippen molar-refractivity contribution in [2.45, 2.75) is 0 Å². The highest BCUT2D eigenvalue weighted by Gasteiger charge is 2.22. The smallest absolute Gasteiger partial charge is 0.265 e. The lowest BCUT2D eigenvalue weighted by Crippen LogP contribution is -2.13. The molecule has 0 saturated carbocycles. The van der Waals surface area contributed by atoms with E-state index in [0.29, 0.717) is 0 Å². The van der Waals surface area contributed by atoms with Gasteiger partial charge in [0.05, 0.1) is 5.56 Å². The maximum absolute atomic E-state index is 10.9. The molecule has 0 bridgehead atoms. The summed E-state index contributed by atoms with van der Waals surface area (Å²) in [6.45, 7) is 0. The Morgan fingerprint density at radius 1 is 1.08 bits per heavy atom. The van der Waals surface area contributed by atoms with E-state index < -0.39 is 11.8 Å². The van der Waals surface area contributed by atoms with Gasteiger partial charge < -0.3 is 0 Å². The summed E-state index contributed by atoms with van der Waals surface area (Å²) in [6.07, 6.45) is 2.44. The van der Waals surface area contributed by atoms with Gasteiger partial charge in [0.2, 0.25) is 0 Å². The van der Waals surface area contributed by atoms with Crippen LogP contribution in [0.2, 0.25) is 0 Å². The number of fused-ring (bicyclic) bond motifs is 1. The molecule has 2 heterocycles. The van der Waals surface area contributed by atoms with Crippen molar-refractivity contribution in [2.75, 3.05) is 0 Å². The molecular formula is C6H2N4O2. The largest absolute Gasteiger partial charge is 0.315 e. The Labute approximate surface area is 66.4 Å². The van der Waals surface area contributed by atoms with Crippen molar-refractivity contribution in [3.05, 3.63) is 23.8 Å². The first-order valence-electron chi connectivity index (χ1n) is 3.09. The predicted octanol–water partition coefficient (Wildman–Crippen LogP) is 0.223. The fraction of sp³-hybridized carbons (Fsp3) is 0. The molecule has 0 aromatic carbocycles. The van der Waals surface area contributed by atoms with Crippen LogP contribution in [0.5, 0.6) is 0 Å². The van der Waals surface area contributed by atoms with Gasteiger partial charge in [-0.3, -0.25) is 9.59 Å². The Balaban J connectivity index is 2.69. The summed E-state index contributed by atoms with van der Waals surface area (Å²) < 4.78 is 0. The Hall–Kier alpha value is -1.98. The second kappa shape index (κ2) is 2.26. The van der Waals surface area contributed by atoms with Crippen molar-refractivity contribution in [3.8, 4) is 0 Å². The third-order valence-corrected chi connectivity index (χ3v) is 1.38. The second-order valence-electron chi connectivity index (χ2n) is 2.10. The molecule has 12 heavy (non-hydrogen) atoms. The van der Waals surface area contributed by atoms with E-state index in [2.05, 4.69) is 20.2 Å². The van der Waals surface area contributed by atoms with E-state index in [1.165, 1.54) is 12.5 Å². The van der Waals surface area contributed by atoms with Crippen LogP contribution in [0.15, 0.2) is 22.8 Å². The van der Waals surface area contributed by atoms with E-state index in [9.17, 15) is 9.59 Å². The van der Waals surface area contributed by atoms with Crippen molar-refractivity contribution >= 4 is 11.8 Å². The third-order valence-electron chi connectivity index (χ3n) is 1.38. The molecule has 1 aromatic rings. The lowest BCUT2D eigenvalue weighted by Gasteiger charge is -2.02. The molecule has 2 rings (SSSR count). The number of carbonyl (C=O) groups is 2. The van der Waals surface area contributed by atoms with E-state index in [0.717, 1.165) is 0 Å². The molecule has 6 nitrogen and oxygen atoms in total. The summed E-state index contributed by atoms with van der Waals surface area (Å²) in [4.78, 5) is 29.1. The molecule has 0 atom stereocenters. The van der Waals surface area contributed by atoms with Crippen molar-refractivity contribution < 1.29 is 9.59 Å². The number of azo groups is 1. The molecule has 0 N–H and O–H groups in total. The van der Waals surface area contributed by atoms with E-state index in [1.807, 2.05) is 0 Å². The minimum atomic E-state index is -0.605. The van der Waals surface area contributed by atoms with E-state index in [1.54, 1.807) is 0 Å². The zero-order chi connectivity index (χ0) is 8.55. The van der Waals surface area contributed by atoms with E-state index in [4.69, 9.17) is 0 Å². The molecule has 1 aromatic heterocycles. The number of amides is 2. The van der Waals surface area contributed by atoms with Gasteiger partial charge in [-0.05, 0) is 0 Å². The van der Waals surface area contributed by atoms with Crippen molar-refractivity contribution in [3.63, 3.8) is 0 Å². The molecule has 0 unspecified atom stereocenters. The molecule has 0 spiro atoms. The van der Waals surface area contributed by atoms with Gasteiger partial charge in [0.25, 0.3) is 5.91 Å². The van der Waals surface area contributed by atoms with Gasteiger partial charge in [-0.1, -0.05) is 0 Å². The quantitative estimate of drug-likeness (QED) is 0.546. The van der Waals surface area contributed by atoms with Gasteiger partial charge in [-0.2, -0.15) is 0 Å². The van der Waals surface area contributed by atoms with Crippen molar-refractivity contribution in [1.82, 2.24) is 9.97 Å². The van der Waals surface area contributed by atoms with Crippen LogP contribution >= 0.6 is 0 Å². The summed E-state index contributed by atoms with van der Waals surface area (Å²) in [6, 6.07) is 0. The van der Waals surface area contributed by atoms with Gasteiger partial charge in [-0.25, -0.2) is 9.97 Å². The summed E-state index contributed by atoms with van der Waals surface area (Å²) in [5, 5.41) is 6.21. The van der Waals surface area contributed by atoms with Gasteiger partial charge in [0.1, 0.15) is 12.0 Å². The molecular weight excluding hydrogens is 160 g/mol. The Morgan fingerprint density at radius 2 is 1.83 bits per heavy atom. The van der Waals surface area contributed by atoms with Crippen LogP contribution in [-0.4, -0.2) is 21.8 Å². The topological polar surface area (TPSA) is 84.6 Å². The number of hydrogen-bond donors (Lipinski definition) is 0. The fourth-order valence-corrected chi connectivity index (χ4v) is 0.849. The summed E-state index contributed by atoms with van der Waals surface area (Å²) in [7, 11) is 0. The monoisotopic (exact) mass is 162 g/mol. The standard InChI is InChI=1S/C6H2N4O2/c11-5-3-1-7-2-8-4(3)6(12)10-9-5/h1-2H. The van der Waals surface area contributed by atoms with Crippen molar-refractivity contribution in [2.24, 2.45) is 10.2 Å². The highest BCUT2D eigenvalue weighted by atomic mass is 16.2. The summed E-state index contributed by atoms with van der Waals surface area (Å²) in [5.74, 6) is -1.18. The average molecular weight is 162 g/mol. The van der Waals surface area contributed by atoms with Crippen LogP contribution in [0.1, 0.15) is 20.8 Å². The number of rotatable bonds is 0. The zero-order valence-electron chi connectivity index (χ0n) is 5.76. The number of aromatic nitrogens is 2. The van der Waals surface area contributed by atoms with Gasteiger partial charge in [-0.15, -0.1) is 10.2 Å². The lowest BCUT2D eigenvalue weighted by atomic mass is 10.2. The minimum absolute atomic E-state index is 0.0185. The van der Waals surface area contributed by atoms with Gasteiger partial charge in [0.15, 0.2) is 0 Å². The van der Waals surface area contributed by atoms with E-state index in [-0.39, 0.29) is 11.3 Å². The molecule has 0 saturated heterocycles. The molecule has 1 aliphatic heterocycles. The first-order chi connectivity index (χ1) is 5.79. The summed E-state index contributed by atoms with van der Waals surface area (Å²) >= 11 is 0. The molecule has 58 valence electrons. The number of carbonyl (C=O) groups excluding carboxylic acids is 2. The molecule has 0 fully saturated rings. The first kappa shape index (κ1) is 6.71. The van der Waals surface area contributed by atoms with Crippen LogP contribution < -0.4 is 0 Å². The highest BCUT2D eigenvalue weighted by Crippen LogP contribution is 2.12. The van der Waals surface area contributed by atoms with Crippen LogP contribution in [0.25, 0.3) is 0 Å². The Bertz CT molecular complexity index is 361. The highest BCUT2D eigenvalue weighted by molar-refractivity contribution is 6.09. The predicted molar refractivity (Wildman–Crippen MR) is 35.5 cm³/mol. The Morgan fingerprint density at radius 3 is 2.58 bits per heavy atom. The van der Waals surface area contributed by atoms with Crippen LogP contribution in [0.3, 0.4) is 0 Å². The average Bonchev–Trinajstić information content (AvgIpc) is 2.12. The maximum Gasteiger partial charge on any atom is 0.315 e. The number of nitrogens with zero attached hydrogens (tertiary/aromatic N) is 4. The Kier molecular flexibility index (Phi) is 1.26. The van der Waals surface area contributed by atoms with Crippen LogP contribution in [0.4, 0.5) is 0 Å². The third kappa shape index (κ3) is 0.815. The van der Waals surface area contributed by atoms with Crippen molar-refractivity contribution in [1.29, 1.82) is 0 Å². The van der Waals surface area contributed by atoms with Crippen LogP contribution in [-0.2, 0) is 0 Å². The maximum atomic E-state index is 10.9. The molecule has 0 aliphatic carbocycles. The van der Waals surface area contributed by atoms with E-state index >= 15 is 0 Å². The SMILES string of the molecule is O=C1N=NC(=O)c2ncncc21. The molecule has 0 radical (unpaired) electrons. The molecule has 1 aliphatic rings. The summed E-state index contributed by atoms with van der Waals surface area (Å²) in [5.41, 5.74) is 0.127. The van der Waals surface area contributed by atoms with Gasteiger partial charge in [0, 0.05) is 6.20 Å². The molecule has 2 amide bonds. The van der Waals surface area contributed by atoms with Crippen LogP contribution in [0, 0.1) is 0 Å². The number of hydrogen-bond acceptors (Lipinski definition) is 4. The normalized spacial score (nSPS) is 14.7.